The molecule has 3 aromatic rings. The molecule has 0 fully saturated rings. The van der Waals surface area contributed by atoms with Crippen LogP contribution in [0.1, 0.15) is 34.6 Å². The Hall–Kier alpha value is -2.76. The Morgan fingerprint density at radius 3 is 2.44 bits per heavy atom. The maximum atomic E-state index is 13.4. The topological polar surface area (TPSA) is 55.6 Å². The molecular weight excluding hydrogens is 341 g/mol. The van der Waals surface area contributed by atoms with Gasteiger partial charge in [-0.1, -0.05) is 13.8 Å². The van der Waals surface area contributed by atoms with E-state index in [1.807, 2.05) is 16.9 Å². The van der Waals surface area contributed by atoms with Gasteiger partial charge in [-0.2, -0.15) is 5.10 Å². The lowest BCUT2D eigenvalue weighted by Gasteiger charge is -2.20. The summed E-state index contributed by atoms with van der Waals surface area (Å²) in [5.41, 5.74) is 3.20. The van der Waals surface area contributed by atoms with E-state index in [0.717, 1.165) is 29.1 Å². The maximum absolute atomic E-state index is 13.4. The molecule has 0 aliphatic heterocycles. The summed E-state index contributed by atoms with van der Waals surface area (Å²) in [6, 6.07) is 8.27. The SMILES string of the molecule is CC(C)Cn1cc(-c2ccnc(NC(C)(C)C)n2)c(-c2ccc(F)cc2)n1. The number of anilines is 1. The highest BCUT2D eigenvalue weighted by atomic mass is 19.1. The molecule has 0 bridgehead atoms. The van der Waals surface area contributed by atoms with Gasteiger partial charge < -0.3 is 5.32 Å². The predicted octanol–water partition coefficient (Wildman–Crippen LogP) is 5.01. The monoisotopic (exact) mass is 367 g/mol. The summed E-state index contributed by atoms with van der Waals surface area (Å²) in [7, 11) is 0. The third-order valence-corrected chi connectivity index (χ3v) is 3.85. The fourth-order valence-corrected chi connectivity index (χ4v) is 2.80. The quantitative estimate of drug-likeness (QED) is 0.688. The number of benzene rings is 1. The van der Waals surface area contributed by atoms with E-state index in [9.17, 15) is 4.39 Å². The van der Waals surface area contributed by atoms with E-state index in [1.54, 1.807) is 18.3 Å². The Bertz CT molecular complexity index is 907. The van der Waals surface area contributed by atoms with Gasteiger partial charge in [0.1, 0.15) is 11.5 Å². The van der Waals surface area contributed by atoms with Crippen LogP contribution in [0.5, 0.6) is 0 Å². The molecule has 1 N–H and O–H groups in total. The van der Waals surface area contributed by atoms with E-state index in [-0.39, 0.29) is 11.4 Å². The normalized spacial score (nSPS) is 11.8. The lowest BCUT2D eigenvalue weighted by atomic mass is 10.1. The summed E-state index contributed by atoms with van der Waals surface area (Å²) >= 11 is 0. The molecule has 0 unspecified atom stereocenters. The maximum Gasteiger partial charge on any atom is 0.223 e. The Morgan fingerprint density at radius 2 is 1.81 bits per heavy atom. The highest BCUT2D eigenvalue weighted by Crippen LogP contribution is 2.31. The lowest BCUT2D eigenvalue weighted by molar-refractivity contribution is 0.484. The van der Waals surface area contributed by atoms with Crippen molar-refractivity contribution in [2.24, 2.45) is 5.92 Å². The summed E-state index contributed by atoms with van der Waals surface area (Å²) < 4.78 is 15.3. The van der Waals surface area contributed by atoms with Crippen LogP contribution in [0.4, 0.5) is 10.3 Å². The Balaban J connectivity index is 2.07. The predicted molar refractivity (Wildman–Crippen MR) is 107 cm³/mol. The Morgan fingerprint density at radius 1 is 1.11 bits per heavy atom. The molecular formula is C21H26FN5. The van der Waals surface area contributed by atoms with E-state index in [2.05, 4.69) is 49.9 Å². The highest BCUT2D eigenvalue weighted by molar-refractivity contribution is 5.78. The number of rotatable bonds is 5. The Labute approximate surface area is 159 Å². The number of hydrogen-bond donors (Lipinski definition) is 1. The van der Waals surface area contributed by atoms with Gasteiger partial charge in [-0.15, -0.1) is 0 Å². The van der Waals surface area contributed by atoms with Crippen molar-refractivity contribution < 1.29 is 4.39 Å². The molecule has 5 nitrogen and oxygen atoms in total. The molecule has 1 aromatic carbocycles. The van der Waals surface area contributed by atoms with Gasteiger partial charge in [0.25, 0.3) is 0 Å². The van der Waals surface area contributed by atoms with Crippen LogP contribution >= 0.6 is 0 Å². The van der Waals surface area contributed by atoms with Crippen molar-refractivity contribution in [1.29, 1.82) is 0 Å². The fraction of sp³-hybridized carbons (Fsp3) is 0.381. The second-order valence-corrected chi connectivity index (χ2v) is 8.15. The Kier molecular flexibility index (Phi) is 5.26. The minimum Gasteiger partial charge on any atom is -0.350 e. The van der Waals surface area contributed by atoms with Crippen molar-refractivity contribution in [3.8, 4) is 22.5 Å². The van der Waals surface area contributed by atoms with Crippen LogP contribution in [-0.4, -0.2) is 25.3 Å². The zero-order valence-corrected chi connectivity index (χ0v) is 16.5. The smallest absolute Gasteiger partial charge is 0.223 e. The molecule has 2 aromatic heterocycles. The van der Waals surface area contributed by atoms with Gasteiger partial charge in [0, 0.05) is 35.6 Å². The van der Waals surface area contributed by atoms with Gasteiger partial charge in [-0.25, -0.2) is 14.4 Å². The molecule has 6 heteroatoms. The van der Waals surface area contributed by atoms with Gasteiger partial charge >= 0.3 is 0 Å². The van der Waals surface area contributed by atoms with Crippen LogP contribution in [0.25, 0.3) is 22.5 Å². The molecule has 142 valence electrons. The summed E-state index contributed by atoms with van der Waals surface area (Å²) in [5, 5.41) is 8.04. The zero-order chi connectivity index (χ0) is 19.6. The van der Waals surface area contributed by atoms with Gasteiger partial charge in [0.15, 0.2) is 0 Å². The van der Waals surface area contributed by atoms with Crippen molar-refractivity contribution in [3.05, 3.63) is 48.5 Å². The van der Waals surface area contributed by atoms with Crippen LogP contribution < -0.4 is 5.32 Å². The number of halogens is 1. The number of aromatic nitrogens is 4. The number of nitrogens with zero attached hydrogens (tertiary/aromatic N) is 4. The molecule has 0 amide bonds. The molecule has 3 rings (SSSR count). The first-order chi connectivity index (χ1) is 12.7. The second-order valence-electron chi connectivity index (χ2n) is 8.15. The molecule has 0 aliphatic rings. The van der Waals surface area contributed by atoms with E-state index in [4.69, 9.17) is 5.10 Å². The van der Waals surface area contributed by atoms with Crippen molar-refractivity contribution in [1.82, 2.24) is 19.7 Å². The van der Waals surface area contributed by atoms with E-state index < -0.39 is 0 Å². The molecule has 0 atom stereocenters. The largest absolute Gasteiger partial charge is 0.350 e. The molecule has 0 saturated heterocycles. The molecule has 0 radical (unpaired) electrons. The first-order valence-electron chi connectivity index (χ1n) is 9.16. The number of nitrogens with one attached hydrogen (secondary N) is 1. The van der Waals surface area contributed by atoms with Crippen LogP contribution in [0.3, 0.4) is 0 Å². The average molecular weight is 367 g/mol. The lowest BCUT2D eigenvalue weighted by Crippen LogP contribution is -2.27. The average Bonchev–Trinajstić information content (AvgIpc) is 2.97. The van der Waals surface area contributed by atoms with Gasteiger partial charge in [-0.3, -0.25) is 4.68 Å². The summed E-state index contributed by atoms with van der Waals surface area (Å²) in [6.45, 7) is 11.3. The van der Waals surface area contributed by atoms with Gasteiger partial charge in [-0.05, 0) is 57.0 Å². The van der Waals surface area contributed by atoms with E-state index in [0.29, 0.717) is 11.9 Å². The summed E-state index contributed by atoms with van der Waals surface area (Å²) in [4.78, 5) is 9.00. The third-order valence-electron chi connectivity index (χ3n) is 3.85. The first-order valence-corrected chi connectivity index (χ1v) is 9.16. The minimum absolute atomic E-state index is 0.139. The zero-order valence-electron chi connectivity index (χ0n) is 16.5. The minimum atomic E-state index is -0.263. The van der Waals surface area contributed by atoms with Crippen molar-refractivity contribution >= 4 is 5.95 Å². The van der Waals surface area contributed by atoms with Crippen molar-refractivity contribution in [2.75, 3.05) is 5.32 Å². The molecule has 0 spiro atoms. The van der Waals surface area contributed by atoms with E-state index in [1.165, 1.54) is 12.1 Å². The van der Waals surface area contributed by atoms with Crippen LogP contribution in [0.15, 0.2) is 42.7 Å². The third kappa shape index (κ3) is 4.90. The second kappa shape index (κ2) is 7.47. The van der Waals surface area contributed by atoms with E-state index >= 15 is 0 Å². The van der Waals surface area contributed by atoms with Gasteiger partial charge in [0.05, 0.1) is 5.69 Å². The van der Waals surface area contributed by atoms with Gasteiger partial charge in [0.2, 0.25) is 5.95 Å². The molecule has 2 heterocycles. The molecule has 27 heavy (non-hydrogen) atoms. The summed E-state index contributed by atoms with van der Waals surface area (Å²) in [5.74, 6) is 0.768. The first kappa shape index (κ1) is 19.0. The number of hydrogen-bond acceptors (Lipinski definition) is 4. The van der Waals surface area contributed by atoms with Crippen molar-refractivity contribution in [2.45, 2.75) is 46.7 Å². The van der Waals surface area contributed by atoms with Crippen LogP contribution in [0, 0.1) is 11.7 Å². The fourth-order valence-electron chi connectivity index (χ4n) is 2.80. The van der Waals surface area contributed by atoms with Crippen LogP contribution in [-0.2, 0) is 6.54 Å². The van der Waals surface area contributed by atoms with Crippen molar-refractivity contribution in [3.63, 3.8) is 0 Å². The summed E-state index contributed by atoms with van der Waals surface area (Å²) in [6.07, 6.45) is 3.74. The highest BCUT2D eigenvalue weighted by Gasteiger charge is 2.17. The van der Waals surface area contributed by atoms with Crippen LogP contribution in [0.2, 0.25) is 0 Å². The molecule has 0 saturated carbocycles. The molecule has 0 aliphatic carbocycles. The standard InChI is InChI=1S/C21H26FN5/c1-14(2)12-27-13-17(19(26-27)15-6-8-16(22)9-7-15)18-10-11-23-20(24-18)25-21(3,4)5/h6-11,13-14H,12H2,1-5H3,(H,23,24,25).